The zero-order valence-electron chi connectivity index (χ0n) is 11.3. The van der Waals surface area contributed by atoms with Crippen molar-refractivity contribution in [2.24, 2.45) is 5.92 Å². The molecule has 3 unspecified atom stereocenters. The molecule has 0 aromatic heterocycles. The van der Waals surface area contributed by atoms with Crippen LogP contribution in [0.15, 0.2) is 0 Å². The van der Waals surface area contributed by atoms with Crippen LogP contribution in [0.25, 0.3) is 0 Å². The van der Waals surface area contributed by atoms with Crippen molar-refractivity contribution in [2.75, 3.05) is 19.6 Å². The molecule has 0 radical (unpaired) electrons. The van der Waals surface area contributed by atoms with Gasteiger partial charge in [0.05, 0.1) is 0 Å². The highest BCUT2D eigenvalue weighted by molar-refractivity contribution is 4.99. The molecule has 1 saturated carbocycles. The first kappa shape index (κ1) is 12.4. The standard InChI is InChI=1S/C14H28N2/c1-4-7-12-10-13(12)16-9-6-8-15-14(3,5-2)11-16/h12-13,15H,4-11H2,1-3H3. The molecule has 0 aromatic carbocycles. The molecule has 2 aliphatic rings. The number of rotatable bonds is 4. The van der Waals surface area contributed by atoms with E-state index < -0.39 is 0 Å². The van der Waals surface area contributed by atoms with Crippen LogP contribution < -0.4 is 5.32 Å². The molecule has 1 aliphatic heterocycles. The van der Waals surface area contributed by atoms with Crippen molar-refractivity contribution < 1.29 is 0 Å². The largest absolute Gasteiger partial charge is 0.310 e. The molecule has 0 aromatic rings. The van der Waals surface area contributed by atoms with Crippen molar-refractivity contribution in [1.82, 2.24) is 10.2 Å². The third-order valence-electron chi connectivity index (χ3n) is 4.52. The maximum atomic E-state index is 3.73. The van der Waals surface area contributed by atoms with E-state index in [-0.39, 0.29) is 0 Å². The quantitative estimate of drug-likeness (QED) is 0.790. The van der Waals surface area contributed by atoms with Crippen molar-refractivity contribution >= 4 is 0 Å². The SMILES string of the molecule is CCCC1CC1N1CCCNC(C)(CC)C1. The Hall–Kier alpha value is -0.0800. The zero-order valence-corrected chi connectivity index (χ0v) is 11.3. The molecule has 1 heterocycles. The first-order valence-corrected chi connectivity index (χ1v) is 7.17. The van der Waals surface area contributed by atoms with Crippen LogP contribution in [-0.2, 0) is 0 Å². The average Bonchev–Trinajstić information content (AvgIpc) is 3.03. The Bertz CT molecular complexity index is 229. The lowest BCUT2D eigenvalue weighted by Gasteiger charge is -2.33. The molecule has 2 nitrogen and oxygen atoms in total. The lowest BCUT2D eigenvalue weighted by molar-refractivity contribution is 0.198. The van der Waals surface area contributed by atoms with E-state index in [1.165, 1.54) is 51.7 Å². The monoisotopic (exact) mass is 224 g/mol. The summed E-state index contributed by atoms with van der Waals surface area (Å²) in [6.45, 7) is 10.8. The smallest absolute Gasteiger partial charge is 0.0277 e. The van der Waals surface area contributed by atoms with Crippen LogP contribution in [0.3, 0.4) is 0 Å². The van der Waals surface area contributed by atoms with Gasteiger partial charge in [0.2, 0.25) is 0 Å². The second kappa shape index (κ2) is 5.05. The predicted molar refractivity (Wildman–Crippen MR) is 69.7 cm³/mol. The molecule has 1 aliphatic carbocycles. The summed E-state index contributed by atoms with van der Waals surface area (Å²) in [5, 5.41) is 3.73. The molecule has 2 rings (SSSR count). The van der Waals surface area contributed by atoms with Crippen LogP contribution >= 0.6 is 0 Å². The maximum Gasteiger partial charge on any atom is 0.0277 e. The number of nitrogens with one attached hydrogen (secondary N) is 1. The summed E-state index contributed by atoms with van der Waals surface area (Å²) < 4.78 is 0. The second-order valence-electron chi connectivity index (χ2n) is 6.02. The molecule has 0 bridgehead atoms. The minimum absolute atomic E-state index is 0.357. The first-order valence-electron chi connectivity index (χ1n) is 7.17. The van der Waals surface area contributed by atoms with Crippen LogP contribution in [0.1, 0.15) is 52.9 Å². The normalized spacial score (nSPS) is 40.7. The Morgan fingerprint density at radius 2 is 2.19 bits per heavy atom. The Kier molecular flexibility index (Phi) is 3.91. The van der Waals surface area contributed by atoms with Gasteiger partial charge in [-0.3, -0.25) is 4.90 Å². The van der Waals surface area contributed by atoms with Crippen molar-refractivity contribution in [2.45, 2.75) is 64.5 Å². The van der Waals surface area contributed by atoms with Gasteiger partial charge in [0.1, 0.15) is 0 Å². The summed E-state index contributed by atoms with van der Waals surface area (Å²) in [5.74, 6) is 1.02. The van der Waals surface area contributed by atoms with Crippen LogP contribution in [0, 0.1) is 5.92 Å². The number of nitrogens with zero attached hydrogens (tertiary/aromatic N) is 1. The Morgan fingerprint density at radius 1 is 1.38 bits per heavy atom. The van der Waals surface area contributed by atoms with E-state index in [0.717, 1.165) is 12.0 Å². The van der Waals surface area contributed by atoms with Crippen molar-refractivity contribution in [3.63, 3.8) is 0 Å². The van der Waals surface area contributed by atoms with E-state index in [0.29, 0.717) is 5.54 Å². The molecule has 3 atom stereocenters. The highest BCUT2D eigenvalue weighted by atomic mass is 15.2. The highest BCUT2D eigenvalue weighted by Gasteiger charge is 2.43. The fourth-order valence-corrected chi connectivity index (χ4v) is 3.14. The summed E-state index contributed by atoms with van der Waals surface area (Å²) in [6, 6.07) is 0.922. The fraction of sp³-hybridized carbons (Fsp3) is 1.00. The van der Waals surface area contributed by atoms with E-state index >= 15 is 0 Å². The lowest BCUT2D eigenvalue weighted by Crippen LogP contribution is -2.49. The molecule has 2 fully saturated rings. The summed E-state index contributed by atoms with van der Waals surface area (Å²) in [6.07, 6.45) is 6.84. The molecule has 0 amide bonds. The summed E-state index contributed by atoms with van der Waals surface area (Å²) >= 11 is 0. The molecular weight excluding hydrogens is 196 g/mol. The van der Waals surface area contributed by atoms with Crippen LogP contribution in [0.5, 0.6) is 0 Å². The van der Waals surface area contributed by atoms with Gasteiger partial charge in [-0.15, -0.1) is 0 Å². The van der Waals surface area contributed by atoms with E-state index in [1.54, 1.807) is 0 Å². The summed E-state index contributed by atoms with van der Waals surface area (Å²) in [4.78, 5) is 2.77. The van der Waals surface area contributed by atoms with Gasteiger partial charge in [-0.1, -0.05) is 20.3 Å². The summed E-state index contributed by atoms with van der Waals surface area (Å²) in [5.41, 5.74) is 0.357. The molecule has 94 valence electrons. The highest BCUT2D eigenvalue weighted by Crippen LogP contribution is 2.40. The summed E-state index contributed by atoms with van der Waals surface area (Å²) in [7, 11) is 0. The van der Waals surface area contributed by atoms with Crippen LogP contribution in [0.2, 0.25) is 0 Å². The molecule has 2 heteroatoms. The van der Waals surface area contributed by atoms with Gasteiger partial charge >= 0.3 is 0 Å². The topological polar surface area (TPSA) is 15.3 Å². The van der Waals surface area contributed by atoms with E-state index in [1.807, 2.05) is 0 Å². The van der Waals surface area contributed by atoms with Gasteiger partial charge < -0.3 is 5.32 Å². The molecular formula is C14H28N2. The minimum atomic E-state index is 0.357. The van der Waals surface area contributed by atoms with E-state index in [2.05, 4.69) is 31.0 Å². The minimum Gasteiger partial charge on any atom is -0.310 e. The third-order valence-corrected chi connectivity index (χ3v) is 4.52. The van der Waals surface area contributed by atoms with Gasteiger partial charge in [-0.2, -0.15) is 0 Å². The van der Waals surface area contributed by atoms with Gasteiger partial charge in [0, 0.05) is 18.1 Å². The van der Waals surface area contributed by atoms with Gasteiger partial charge in [-0.25, -0.2) is 0 Å². The Labute approximate surface area is 101 Å². The molecule has 16 heavy (non-hydrogen) atoms. The van der Waals surface area contributed by atoms with Gasteiger partial charge in [0.15, 0.2) is 0 Å². The third kappa shape index (κ3) is 2.78. The maximum absolute atomic E-state index is 3.73. The second-order valence-corrected chi connectivity index (χ2v) is 6.02. The molecule has 1 saturated heterocycles. The predicted octanol–water partition coefficient (Wildman–Crippen LogP) is 2.64. The average molecular weight is 224 g/mol. The number of hydrogen-bond acceptors (Lipinski definition) is 2. The Morgan fingerprint density at radius 3 is 2.88 bits per heavy atom. The number of hydrogen-bond donors (Lipinski definition) is 1. The first-order chi connectivity index (χ1) is 7.68. The molecule has 1 N–H and O–H groups in total. The van der Waals surface area contributed by atoms with Crippen molar-refractivity contribution in [3.8, 4) is 0 Å². The fourth-order valence-electron chi connectivity index (χ4n) is 3.14. The van der Waals surface area contributed by atoms with E-state index in [9.17, 15) is 0 Å². The van der Waals surface area contributed by atoms with Crippen molar-refractivity contribution in [3.05, 3.63) is 0 Å². The van der Waals surface area contributed by atoms with Crippen molar-refractivity contribution in [1.29, 1.82) is 0 Å². The van der Waals surface area contributed by atoms with Gasteiger partial charge in [0.25, 0.3) is 0 Å². The van der Waals surface area contributed by atoms with Crippen LogP contribution in [0.4, 0.5) is 0 Å². The zero-order chi connectivity index (χ0) is 11.6. The lowest BCUT2D eigenvalue weighted by atomic mass is 9.98. The molecule has 0 spiro atoms. The van der Waals surface area contributed by atoms with E-state index in [4.69, 9.17) is 0 Å². The van der Waals surface area contributed by atoms with Gasteiger partial charge in [-0.05, 0) is 51.6 Å². The van der Waals surface area contributed by atoms with Crippen LogP contribution in [-0.4, -0.2) is 36.1 Å². The Balaban J connectivity index is 1.89.